The normalized spacial score (nSPS) is 9.60. The smallest absolute Gasteiger partial charge is 0.131 e. The fraction of sp³-hybridized carbons (Fsp3) is 0.200. The zero-order valence-corrected chi connectivity index (χ0v) is 7.64. The number of nitrogens with zero attached hydrogens (tertiary/aromatic N) is 2. The summed E-state index contributed by atoms with van der Waals surface area (Å²) in [5.41, 5.74) is 0. The van der Waals surface area contributed by atoms with E-state index in [-0.39, 0.29) is 0 Å². The molecule has 0 spiro atoms. The maximum Gasteiger partial charge on any atom is 0.142 e. The van der Waals surface area contributed by atoms with Crippen molar-refractivity contribution in [2.75, 3.05) is 5.75 Å². The molecule has 5 heteroatoms. The van der Waals surface area contributed by atoms with Gasteiger partial charge in [0.1, 0.15) is 5.03 Å². The number of aromatic nitrogens is 2. The van der Waals surface area contributed by atoms with E-state index in [0.717, 1.165) is 10.8 Å². The summed E-state index contributed by atoms with van der Waals surface area (Å²) < 4.78 is 3.73. The second-order valence-electron chi connectivity index (χ2n) is 1.40. The molecule has 10 heavy (non-hydrogen) atoms. The van der Waals surface area contributed by atoms with Crippen LogP contribution in [0.2, 0.25) is 0 Å². The fourth-order valence-electron chi connectivity index (χ4n) is 0.335. The summed E-state index contributed by atoms with van der Waals surface area (Å²) in [5.74, 6) is 0.947. The van der Waals surface area contributed by atoms with Crippen LogP contribution in [0.3, 0.4) is 0 Å². The molecule has 1 aromatic heterocycles. The minimum atomic E-state index is 0.947. The standard InChI is InChI=1S/C5H6N2S3/c1-2-3-9-10-5-4-8-7-6-5/h2,4H,1,3H2. The van der Waals surface area contributed by atoms with E-state index in [4.69, 9.17) is 0 Å². The zero-order chi connectivity index (χ0) is 7.23. The van der Waals surface area contributed by atoms with Gasteiger partial charge in [0.25, 0.3) is 0 Å². The van der Waals surface area contributed by atoms with Gasteiger partial charge in [-0.1, -0.05) is 21.4 Å². The summed E-state index contributed by atoms with van der Waals surface area (Å²) in [4.78, 5) is 0. The number of hydrogen-bond acceptors (Lipinski definition) is 5. The van der Waals surface area contributed by atoms with Gasteiger partial charge in [0.2, 0.25) is 0 Å². The highest BCUT2D eigenvalue weighted by atomic mass is 33.1. The molecule has 2 nitrogen and oxygen atoms in total. The van der Waals surface area contributed by atoms with Crippen molar-refractivity contribution in [1.82, 2.24) is 9.59 Å². The van der Waals surface area contributed by atoms with Crippen molar-refractivity contribution < 1.29 is 0 Å². The van der Waals surface area contributed by atoms with Crippen LogP contribution in [-0.4, -0.2) is 15.3 Å². The van der Waals surface area contributed by atoms with Gasteiger partial charge >= 0.3 is 0 Å². The number of rotatable bonds is 4. The van der Waals surface area contributed by atoms with E-state index in [1.807, 2.05) is 11.5 Å². The fourth-order valence-corrected chi connectivity index (χ4v) is 2.66. The molecular formula is C5H6N2S3. The van der Waals surface area contributed by atoms with Crippen LogP contribution in [0.4, 0.5) is 0 Å². The molecule has 0 saturated heterocycles. The van der Waals surface area contributed by atoms with Crippen LogP contribution in [0.15, 0.2) is 23.1 Å². The molecule has 0 aliphatic heterocycles. The van der Waals surface area contributed by atoms with Crippen LogP contribution in [-0.2, 0) is 0 Å². The summed E-state index contributed by atoms with van der Waals surface area (Å²) in [6, 6.07) is 0. The maximum atomic E-state index is 3.86. The van der Waals surface area contributed by atoms with E-state index >= 15 is 0 Å². The van der Waals surface area contributed by atoms with E-state index in [1.54, 1.807) is 21.6 Å². The van der Waals surface area contributed by atoms with Gasteiger partial charge in [-0.05, 0) is 22.3 Å². The van der Waals surface area contributed by atoms with Crippen LogP contribution in [0, 0.1) is 0 Å². The Bertz CT molecular complexity index is 185. The molecule has 0 fully saturated rings. The van der Waals surface area contributed by atoms with Gasteiger partial charge in [-0.15, -0.1) is 11.7 Å². The van der Waals surface area contributed by atoms with Crippen molar-refractivity contribution in [3.05, 3.63) is 18.0 Å². The Morgan fingerprint density at radius 2 is 2.70 bits per heavy atom. The summed E-state index contributed by atoms with van der Waals surface area (Å²) >= 11 is 1.38. The minimum Gasteiger partial charge on any atom is -0.131 e. The van der Waals surface area contributed by atoms with E-state index in [2.05, 4.69) is 16.2 Å². The molecule has 0 aliphatic rings. The molecule has 0 bridgehead atoms. The third-order valence-corrected chi connectivity index (χ3v) is 3.46. The molecule has 0 aliphatic carbocycles. The Balaban J connectivity index is 2.21. The SMILES string of the molecule is C=CCSSc1csnn1. The average molecular weight is 190 g/mol. The monoisotopic (exact) mass is 190 g/mol. The van der Waals surface area contributed by atoms with Gasteiger partial charge in [0.05, 0.1) is 0 Å². The lowest BCUT2D eigenvalue weighted by atomic mass is 10.8. The maximum absolute atomic E-state index is 3.86. The van der Waals surface area contributed by atoms with Crippen LogP contribution in [0.5, 0.6) is 0 Å². The molecule has 0 atom stereocenters. The molecular weight excluding hydrogens is 184 g/mol. The van der Waals surface area contributed by atoms with Crippen LogP contribution in [0.1, 0.15) is 0 Å². The first-order valence-electron chi connectivity index (χ1n) is 2.61. The first-order chi connectivity index (χ1) is 4.93. The third kappa shape index (κ3) is 2.72. The summed E-state index contributed by atoms with van der Waals surface area (Å²) in [6.07, 6.45) is 1.87. The van der Waals surface area contributed by atoms with Gasteiger partial charge in [-0.3, -0.25) is 0 Å². The van der Waals surface area contributed by atoms with Crippen molar-refractivity contribution in [1.29, 1.82) is 0 Å². The van der Waals surface area contributed by atoms with Crippen LogP contribution < -0.4 is 0 Å². The average Bonchev–Trinajstić information content (AvgIpc) is 2.41. The number of hydrogen-bond donors (Lipinski definition) is 0. The third-order valence-electron chi connectivity index (χ3n) is 0.670. The van der Waals surface area contributed by atoms with Crippen molar-refractivity contribution in [3.63, 3.8) is 0 Å². The molecule has 0 saturated carbocycles. The highest BCUT2D eigenvalue weighted by molar-refractivity contribution is 8.76. The Labute approximate surface area is 71.7 Å². The van der Waals surface area contributed by atoms with Gasteiger partial charge < -0.3 is 0 Å². The summed E-state index contributed by atoms with van der Waals surface area (Å²) in [7, 11) is 3.35. The molecule has 0 radical (unpaired) electrons. The first-order valence-corrected chi connectivity index (χ1v) is 5.76. The highest BCUT2D eigenvalue weighted by Crippen LogP contribution is 2.29. The van der Waals surface area contributed by atoms with Gasteiger partial charge in [0.15, 0.2) is 0 Å². The van der Waals surface area contributed by atoms with E-state index in [1.165, 1.54) is 11.5 Å². The van der Waals surface area contributed by atoms with Gasteiger partial charge in [0, 0.05) is 11.1 Å². The Morgan fingerprint density at radius 1 is 1.80 bits per heavy atom. The van der Waals surface area contributed by atoms with E-state index < -0.39 is 0 Å². The Kier molecular flexibility index (Phi) is 3.86. The molecule has 1 aromatic rings. The zero-order valence-electron chi connectivity index (χ0n) is 5.19. The quantitative estimate of drug-likeness (QED) is 0.414. The molecule has 0 N–H and O–H groups in total. The highest BCUT2D eigenvalue weighted by Gasteiger charge is 1.94. The Morgan fingerprint density at radius 3 is 3.30 bits per heavy atom. The summed E-state index contributed by atoms with van der Waals surface area (Å²) in [6.45, 7) is 3.61. The second kappa shape index (κ2) is 4.76. The molecule has 0 amide bonds. The second-order valence-corrected chi connectivity index (χ2v) is 4.37. The molecule has 0 unspecified atom stereocenters. The molecule has 0 aromatic carbocycles. The van der Waals surface area contributed by atoms with E-state index in [9.17, 15) is 0 Å². The predicted octanol–water partition coefficient (Wildman–Crippen LogP) is 2.46. The lowest BCUT2D eigenvalue weighted by Gasteiger charge is -1.88. The topological polar surface area (TPSA) is 25.8 Å². The van der Waals surface area contributed by atoms with Crippen LogP contribution in [0.25, 0.3) is 0 Å². The Hall–Kier alpha value is -0.000000000000000111. The van der Waals surface area contributed by atoms with Crippen molar-refractivity contribution in [3.8, 4) is 0 Å². The van der Waals surface area contributed by atoms with Crippen LogP contribution >= 0.6 is 33.1 Å². The minimum absolute atomic E-state index is 0.947. The van der Waals surface area contributed by atoms with E-state index in [0.29, 0.717) is 0 Å². The largest absolute Gasteiger partial charge is 0.142 e. The van der Waals surface area contributed by atoms with Crippen molar-refractivity contribution >= 4 is 33.1 Å². The van der Waals surface area contributed by atoms with Crippen molar-refractivity contribution in [2.45, 2.75) is 5.03 Å². The predicted molar refractivity (Wildman–Crippen MR) is 48.4 cm³/mol. The first kappa shape index (κ1) is 8.10. The van der Waals surface area contributed by atoms with Crippen molar-refractivity contribution in [2.24, 2.45) is 0 Å². The molecule has 54 valence electrons. The lowest BCUT2D eigenvalue weighted by molar-refractivity contribution is 1.04. The van der Waals surface area contributed by atoms with Gasteiger partial charge in [-0.2, -0.15) is 0 Å². The molecule has 1 heterocycles. The van der Waals surface area contributed by atoms with Gasteiger partial charge in [-0.25, -0.2) is 0 Å². The summed E-state index contributed by atoms with van der Waals surface area (Å²) in [5, 5.41) is 6.78. The molecule has 1 rings (SSSR count). The lowest BCUT2D eigenvalue weighted by Crippen LogP contribution is -1.67.